The van der Waals surface area contributed by atoms with Crippen molar-refractivity contribution >= 4 is 29.7 Å². The van der Waals surface area contributed by atoms with Crippen LogP contribution in [-0.4, -0.2) is 24.7 Å². The maximum absolute atomic E-state index is 12.3. The average molecular weight is 451 g/mol. The molecule has 0 fully saturated rings. The minimum Gasteiger partial charge on any atom is -0.494 e. The molecule has 0 heterocycles. The van der Waals surface area contributed by atoms with Crippen LogP contribution in [0.3, 0.4) is 0 Å². The van der Waals surface area contributed by atoms with Gasteiger partial charge in [-0.25, -0.2) is 10.2 Å². The molecule has 1 amide bonds. The SMILES string of the molecule is CCCCOc1ccc(C(=O)Oc2ccc(C=NNC(=O)c3ccc(Cl)cc3)cc2)cc1. The third kappa shape index (κ3) is 6.96. The summed E-state index contributed by atoms with van der Waals surface area (Å²) in [7, 11) is 0. The highest BCUT2D eigenvalue weighted by Crippen LogP contribution is 2.17. The van der Waals surface area contributed by atoms with Crippen molar-refractivity contribution in [2.45, 2.75) is 19.8 Å². The Morgan fingerprint density at radius 2 is 1.53 bits per heavy atom. The molecule has 0 radical (unpaired) electrons. The van der Waals surface area contributed by atoms with Crippen molar-refractivity contribution in [3.05, 3.63) is 94.5 Å². The topological polar surface area (TPSA) is 77.0 Å². The van der Waals surface area contributed by atoms with Crippen LogP contribution in [0.1, 0.15) is 46.0 Å². The third-order valence-electron chi connectivity index (χ3n) is 4.43. The molecule has 0 bridgehead atoms. The molecular formula is C25H23ClN2O4. The number of carbonyl (C=O) groups is 2. The number of halogens is 1. The predicted molar refractivity (Wildman–Crippen MR) is 125 cm³/mol. The number of esters is 1. The largest absolute Gasteiger partial charge is 0.494 e. The van der Waals surface area contributed by atoms with Gasteiger partial charge in [-0.05, 0) is 84.8 Å². The highest BCUT2D eigenvalue weighted by Gasteiger charge is 2.09. The Morgan fingerprint density at radius 1 is 0.906 bits per heavy atom. The lowest BCUT2D eigenvalue weighted by molar-refractivity contribution is 0.0734. The van der Waals surface area contributed by atoms with E-state index >= 15 is 0 Å². The summed E-state index contributed by atoms with van der Waals surface area (Å²) < 4.78 is 11.0. The van der Waals surface area contributed by atoms with Gasteiger partial charge in [0, 0.05) is 10.6 Å². The van der Waals surface area contributed by atoms with E-state index in [0.717, 1.165) is 24.2 Å². The Bertz CT molecular complexity index is 1060. The number of ether oxygens (including phenoxy) is 2. The normalized spacial score (nSPS) is 10.7. The quantitative estimate of drug-likeness (QED) is 0.153. The number of amides is 1. The van der Waals surface area contributed by atoms with Gasteiger partial charge in [0.15, 0.2) is 0 Å². The van der Waals surface area contributed by atoms with Gasteiger partial charge >= 0.3 is 5.97 Å². The van der Waals surface area contributed by atoms with Crippen molar-refractivity contribution < 1.29 is 19.1 Å². The number of hydrogen-bond donors (Lipinski definition) is 1. The number of unbranched alkanes of at least 4 members (excludes halogenated alkanes) is 1. The molecule has 3 aromatic rings. The molecule has 0 atom stereocenters. The van der Waals surface area contributed by atoms with Gasteiger partial charge in [-0.15, -0.1) is 0 Å². The molecule has 0 saturated carbocycles. The second kappa shape index (κ2) is 11.7. The van der Waals surface area contributed by atoms with E-state index in [1.54, 1.807) is 72.8 Å². The standard InChI is InChI=1S/C25H23ClN2O4/c1-2-3-16-31-22-14-8-20(9-15-22)25(30)32-23-12-4-18(5-13-23)17-27-28-24(29)19-6-10-21(26)11-7-19/h4-15,17H,2-3,16H2,1H3,(H,28,29). The van der Waals surface area contributed by atoms with Gasteiger partial charge in [0.25, 0.3) is 5.91 Å². The predicted octanol–water partition coefficient (Wildman–Crippen LogP) is 5.50. The van der Waals surface area contributed by atoms with Gasteiger partial charge in [-0.1, -0.05) is 24.9 Å². The monoisotopic (exact) mass is 450 g/mol. The summed E-state index contributed by atoms with van der Waals surface area (Å²) in [6.45, 7) is 2.75. The molecule has 7 heteroatoms. The number of hydrogen-bond acceptors (Lipinski definition) is 5. The van der Waals surface area contributed by atoms with Crippen molar-refractivity contribution in [2.75, 3.05) is 6.61 Å². The summed E-state index contributed by atoms with van der Waals surface area (Å²) in [5.41, 5.74) is 4.07. The van der Waals surface area contributed by atoms with Gasteiger partial charge in [0.1, 0.15) is 11.5 Å². The van der Waals surface area contributed by atoms with Crippen molar-refractivity contribution in [3.63, 3.8) is 0 Å². The summed E-state index contributed by atoms with van der Waals surface area (Å²) in [4.78, 5) is 24.3. The zero-order chi connectivity index (χ0) is 22.8. The van der Waals surface area contributed by atoms with E-state index < -0.39 is 5.97 Å². The van der Waals surface area contributed by atoms with Gasteiger partial charge < -0.3 is 9.47 Å². The Kier molecular flexibility index (Phi) is 8.40. The second-order valence-corrected chi connectivity index (χ2v) is 7.33. The van der Waals surface area contributed by atoms with E-state index in [4.69, 9.17) is 21.1 Å². The van der Waals surface area contributed by atoms with Gasteiger partial charge in [0.2, 0.25) is 0 Å². The first-order valence-corrected chi connectivity index (χ1v) is 10.6. The van der Waals surface area contributed by atoms with Crippen LogP contribution in [0.5, 0.6) is 11.5 Å². The van der Waals surface area contributed by atoms with E-state index in [9.17, 15) is 9.59 Å². The summed E-state index contributed by atoms with van der Waals surface area (Å²) in [5.74, 6) is 0.328. The molecule has 0 aromatic heterocycles. The molecule has 0 unspecified atom stereocenters. The Morgan fingerprint density at radius 3 is 2.19 bits per heavy atom. The van der Waals surface area contributed by atoms with E-state index in [1.807, 2.05) is 0 Å². The van der Waals surface area contributed by atoms with Gasteiger partial charge in [0.05, 0.1) is 18.4 Å². The second-order valence-electron chi connectivity index (χ2n) is 6.89. The van der Waals surface area contributed by atoms with Crippen molar-refractivity contribution in [2.24, 2.45) is 5.10 Å². The van der Waals surface area contributed by atoms with Crippen LogP contribution in [0, 0.1) is 0 Å². The fraction of sp³-hybridized carbons (Fsp3) is 0.160. The lowest BCUT2D eigenvalue weighted by Gasteiger charge is -2.07. The fourth-order valence-electron chi connectivity index (χ4n) is 2.64. The third-order valence-corrected chi connectivity index (χ3v) is 4.69. The van der Waals surface area contributed by atoms with Crippen LogP contribution in [-0.2, 0) is 0 Å². The molecule has 3 aromatic carbocycles. The van der Waals surface area contributed by atoms with Crippen LogP contribution in [0.4, 0.5) is 0 Å². The molecule has 0 saturated heterocycles. The first kappa shape index (κ1) is 23.0. The van der Waals surface area contributed by atoms with Crippen LogP contribution in [0.15, 0.2) is 77.9 Å². The maximum atomic E-state index is 12.3. The lowest BCUT2D eigenvalue weighted by atomic mass is 10.2. The van der Waals surface area contributed by atoms with Gasteiger partial charge in [-0.3, -0.25) is 4.79 Å². The number of carbonyl (C=O) groups excluding carboxylic acids is 2. The summed E-state index contributed by atoms with van der Waals surface area (Å²) in [6.07, 6.45) is 3.54. The number of nitrogens with zero attached hydrogens (tertiary/aromatic N) is 1. The Balaban J connectivity index is 1.50. The molecule has 0 aliphatic rings. The van der Waals surface area contributed by atoms with Crippen molar-refractivity contribution in [1.82, 2.24) is 5.43 Å². The van der Waals surface area contributed by atoms with Crippen molar-refractivity contribution in [3.8, 4) is 11.5 Å². The van der Waals surface area contributed by atoms with E-state index in [2.05, 4.69) is 17.5 Å². The number of hydrazone groups is 1. The van der Waals surface area contributed by atoms with Crippen LogP contribution in [0.2, 0.25) is 5.02 Å². The minimum atomic E-state index is -0.457. The molecule has 6 nitrogen and oxygen atoms in total. The van der Waals surface area contributed by atoms with Crippen LogP contribution >= 0.6 is 11.6 Å². The number of benzene rings is 3. The first-order chi connectivity index (χ1) is 15.5. The minimum absolute atomic E-state index is 0.342. The summed E-state index contributed by atoms with van der Waals surface area (Å²) in [5, 5.41) is 4.49. The molecular weight excluding hydrogens is 428 g/mol. The fourth-order valence-corrected chi connectivity index (χ4v) is 2.77. The zero-order valence-corrected chi connectivity index (χ0v) is 18.3. The smallest absolute Gasteiger partial charge is 0.343 e. The molecule has 0 spiro atoms. The molecule has 3 rings (SSSR count). The highest BCUT2D eigenvalue weighted by molar-refractivity contribution is 6.30. The Hall–Kier alpha value is -3.64. The molecule has 164 valence electrons. The van der Waals surface area contributed by atoms with Crippen molar-refractivity contribution in [1.29, 1.82) is 0 Å². The van der Waals surface area contributed by atoms with Gasteiger partial charge in [-0.2, -0.15) is 5.10 Å². The van der Waals surface area contributed by atoms with Crippen LogP contribution < -0.4 is 14.9 Å². The summed E-state index contributed by atoms with van der Waals surface area (Å²) in [6, 6.07) is 20.1. The number of rotatable bonds is 9. The molecule has 1 N–H and O–H groups in total. The highest BCUT2D eigenvalue weighted by atomic mass is 35.5. The lowest BCUT2D eigenvalue weighted by Crippen LogP contribution is -2.17. The van der Waals surface area contributed by atoms with Crippen LogP contribution in [0.25, 0.3) is 0 Å². The average Bonchev–Trinajstić information content (AvgIpc) is 2.81. The number of nitrogens with one attached hydrogen (secondary N) is 1. The molecule has 32 heavy (non-hydrogen) atoms. The van der Waals surface area contributed by atoms with E-state index in [-0.39, 0.29) is 5.91 Å². The molecule has 0 aliphatic carbocycles. The zero-order valence-electron chi connectivity index (χ0n) is 17.6. The summed E-state index contributed by atoms with van der Waals surface area (Å²) >= 11 is 5.81. The molecule has 0 aliphatic heterocycles. The maximum Gasteiger partial charge on any atom is 0.343 e. The first-order valence-electron chi connectivity index (χ1n) is 10.2. The van der Waals surface area contributed by atoms with E-state index in [1.165, 1.54) is 6.21 Å². The Labute approximate surface area is 191 Å². The van der Waals surface area contributed by atoms with E-state index in [0.29, 0.717) is 28.5 Å².